The molecule has 0 heterocycles. The average molecular weight is 252 g/mol. The summed E-state index contributed by atoms with van der Waals surface area (Å²) in [4.78, 5) is 11.4. The van der Waals surface area contributed by atoms with Crippen LogP contribution in [0.25, 0.3) is 0 Å². The Labute approximate surface area is 96.5 Å². The molecule has 0 spiro atoms. The van der Waals surface area contributed by atoms with Gasteiger partial charge < -0.3 is 10.4 Å². The summed E-state index contributed by atoms with van der Waals surface area (Å²) in [5.41, 5.74) is 0. The number of nitrogens with one attached hydrogen (secondary N) is 2. The Hall–Kier alpha value is -0.660. The Morgan fingerprint density at radius 2 is 1.94 bits per heavy atom. The van der Waals surface area contributed by atoms with Gasteiger partial charge in [-0.25, -0.2) is 13.1 Å². The van der Waals surface area contributed by atoms with E-state index in [-0.39, 0.29) is 18.4 Å². The van der Waals surface area contributed by atoms with Crippen molar-refractivity contribution in [1.82, 2.24) is 10.0 Å². The molecule has 3 N–H and O–H groups in total. The molecule has 0 bridgehead atoms. The highest BCUT2D eigenvalue weighted by Gasteiger charge is 2.20. The monoisotopic (exact) mass is 252 g/mol. The number of rotatable bonds is 7. The third-order valence-electron chi connectivity index (χ3n) is 1.88. The first kappa shape index (κ1) is 15.3. The van der Waals surface area contributed by atoms with Gasteiger partial charge in [-0.2, -0.15) is 0 Å². The minimum absolute atomic E-state index is 0.000172. The second-order valence-corrected chi connectivity index (χ2v) is 5.62. The van der Waals surface area contributed by atoms with E-state index in [9.17, 15) is 13.2 Å². The van der Waals surface area contributed by atoms with Crippen molar-refractivity contribution in [2.75, 3.05) is 12.4 Å². The molecule has 96 valence electrons. The highest BCUT2D eigenvalue weighted by molar-refractivity contribution is 7.89. The molecule has 1 amide bonds. The lowest BCUT2D eigenvalue weighted by atomic mass is 10.3. The summed E-state index contributed by atoms with van der Waals surface area (Å²) in [6.45, 7) is 4.66. The summed E-state index contributed by atoms with van der Waals surface area (Å²) >= 11 is 0. The van der Waals surface area contributed by atoms with Crippen LogP contribution in [0.5, 0.6) is 0 Å². The summed E-state index contributed by atoms with van der Waals surface area (Å²) in [5.74, 6) is -0.443. The van der Waals surface area contributed by atoms with Gasteiger partial charge in [0.1, 0.15) is 0 Å². The van der Waals surface area contributed by atoms with Gasteiger partial charge in [0, 0.05) is 6.04 Å². The lowest BCUT2D eigenvalue weighted by Crippen LogP contribution is -2.48. The Balaban J connectivity index is 4.25. The fourth-order valence-electron chi connectivity index (χ4n) is 1.06. The van der Waals surface area contributed by atoms with Crippen LogP contribution in [-0.4, -0.2) is 43.9 Å². The molecule has 1 unspecified atom stereocenters. The van der Waals surface area contributed by atoms with Crippen molar-refractivity contribution in [2.24, 2.45) is 0 Å². The molecule has 0 fully saturated rings. The maximum Gasteiger partial charge on any atom is 0.238 e. The van der Waals surface area contributed by atoms with E-state index in [2.05, 4.69) is 10.0 Å². The SMILES string of the molecule is CCCS(=O)(=O)NC(C)C(=O)N[C@H](C)CO. The van der Waals surface area contributed by atoms with Crippen molar-refractivity contribution in [1.29, 1.82) is 0 Å². The van der Waals surface area contributed by atoms with E-state index in [4.69, 9.17) is 5.11 Å². The number of aliphatic hydroxyl groups is 1. The number of carbonyl (C=O) groups excluding carboxylic acids is 1. The summed E-state index contributed by atoms with van der Waals surface area (Å²) in [6.07, 6.45) is 0.497. The number of carbonyl (C=O) groups is 1. The van der Waals surface area contributed by atoms with E-state index in [0.29, 0.717) is 6.42 Å². The third-order valence-corrected chi connectivity index (χ3v) is 3.54. The van der Waals surface area contributed by atoms with Crippen LogP contribution in [0.2, 0.25) is 0 Å². The van der Waals surface area contributed by atoms with Gasteiger partial charge >= 0.3 is 0 Å². The first-order valence-electron chi connectivity index (χ1n) is 5.23. The average Bonchev–Trinajstić information content (AvgIpc) is 2.16. The maximum atomic E-state index is 11.4. The summed E-state index contributed by atoms with van der Waals surface area (Å²) in [5, 5.41) is 11.2. The Kier molecular flexibility index (Phi) is 6.54. The van der Waals surface area contributed by atoms with Gasteiger partial charge in [0.25, 0.3) is 0 Å². The molecule has 6 nitrogen and oxygen atoms in total. The van der Waals surface area contributed by atoms with Crippen molar-refractivity contribution < 1.29 is 18.3 Å². The Morgan fingerprint density at radius 1 is 1.38 bits per heavy atom. The molecule has 0 radical (unpaired) electrons. The quantitative estimate of drug-likeness (QED) is 0.553. The summed E-state index contributed by atoms with van der Waals surface area (Å²) < 4.78 is 25.0. The normalized spacial score (nSPS) is 15.5. The molecule has 0 saturated carbocycles. The van der Waals surface area contributed by atoms with Crippen LogP contribution in [0, 0.1) is 0 Å². The Bertz CT molecular complexity index is 315. The fraction of sp³-hybridized carbons (Fsp3) is 0.889. The largest absolute Gasteiger partial charge is 0.394 e. The molecule has 0 aliphatic rings. The van der Waals surface area contributed by atoms with E-state index >= 15 is 0 Å². The van der Waals surface area contributed by atoms with Crippen LogP contribution in [0.4, 0.5) is 0 Å². The lowest BCUT2D eigenvalue weighted by Gasteiger charge is -2.16. The molecule has 0 saturated heterocycles. The molecule has 0 rings (SSSR count). The number of hydrogen-bond donors (Lipinski definition) is 3. The van der Waals surface area contributed by atoms with Crippen molar-refractivity contribution in [3.05, 3.63) is 0 Å². The first-order chi connectivity index (χ1) is 7.32. The standard InChI is InChI=1S/C9H20N2O4S/c1-4-5-16(14,15)11-8(3)9(13)10-7(2)6-12/h7-8,11-12H,4-6H2,1-3H3,(H,10,13)/t7-,8?/m1/s1. The zero-order valence-corrected chi connectivity index (χ0v) is 10.7. The van der Waals surface area contributed by atoms with E-state index in [1.54, 1.807) is 13.8 Å². The topological polar surface area (TPSA) is 95.5 Å². The zero-order valence-electron chi connectivity index (χ0n) is 9.86. The molecule has 16 heavy (non-hydrogen) atoms. The number of aliphatic hydroxyl groups excluding tert-OH is 1. The minimum atomic E-state index is -3.39. The Morgan fingerprint density at radius 3 is 2.38 bits per heavy atom. The fourth-order valence-corrected chi connectivity index (χ4v) is 2.37. The molecule has 0 aliphatic heterocycles. The second kappa shape index (κ2) is 6.82. The predicted octanol–water partition coefficient (Wildman–Crippen LogP) is -0.799. The maximum absolute atomic E-state index is 11.4. The number of hydrogen-bond acceptors (Lipinski definition) is 4. The van der Waals surface area contributed by atoms with Crippen LogP contribution in [0.1, 0.15) is 27.2 Å². The molecular formula is C9H20N2O4S. The van der Waals surface area contributed by atoms with Crippen LogP contribution in [0.15, 0.2) is 0 Å². The molecule has 7 heteroatoms. The molecule has 0 aliphatic carbocycles. The lowest BCUT2D eigenvalue weighted by molar-refractivity contribution is -0.123. The van der Waals surface area contributed by atoms with Crippen LogP contribution in [-0.2, 0) is 14.8 Å². The van der Waals surface area contributed by atoms with Gasteiger partial charge in [-0.3, -0.25) is 4.79 Å². The van der Waals surface area contributed by atoms with E-state index in [1.807, 2.05) is 0 Å². The molecule has 0 aromatic rings. The van der Waals surface area contributed by atoms with Crippen molar-refractivity contribution in [3.63, 3.8) is 0 Å². The number of amides is 1. The van der Waals surface area contributed by atoms with Crippen molar-refractivity contribution >= 4 is 15.9 Å². The highest BCUT2D eigenvalue weighted by Crippen LogP contribution is 1.93. The van der Waals surface area contributed by atoms with Gasteiger partial charge in [0.15, 0.2) is 0 Å². The van der Waals surface area contributed by atoms with Crippen molar-refractivity contribution in [3.8, 4) is 0 Å². The number of sulfonamides is 1. The smallest absolute Gasteiger partial charge is 0.238 e. The second-order valence-electron chi connectivity index (χ2n) is 3.75. The highest BCUT2D eigenvalue weighted by atomic mass is 32.2. The van der Waals surface area contributed by atoms with E-state index in [0.717, 1.165) is 0 Å². The molecular weight excluding hydrogens is 232 g/mol. The van der Waals surface area contributed by atoms with Gasteiger partial charge in [0.2, 0.25) is 15.9 Å². The minimum Gasteiger partial charge on any atom is -0.394 e. The molecule has 0 aromatic carbocycles. The predicted molar refractivity (Wildman–Crippen MR) is 61.4 cm³/mol. The van der Waals surface area contributed by atoms with E-state index < -0.39 is 22.0 Å². The molecule has 2 atom stereocenters. The first-order valence-corrected chi connectivity index (χ1v) is 6.88. The van der Waals surface area contributed by atoms with Gasteiger partial charge in [0.05, 0.1) is 18.4 Å². The third kappa shape index (κ3) is 6.04. The van der Waals surface area contributed by atoms with Crippen LogP contribution < -0.4 is 10.0 Å². The van der Waals surface area contributed by atoms with Gasteiger partial charge in [-0.05, 0) is 20.3 Å². The van der Waals surface area contributed by atoms with Gasteiger partial charge in [-0.15, -0.1) is 0 Å². The summed E-state index contributed by atoms with van der Waals surface area (Å²) in [6, 6.07) is -1.21. The summed E-state index contributed by atoms with van der Waals surface area (Å²) in [7, 11) is -3.39. The van der Waals surface area contributed by atoms with Crippen molar-refractivity contribution in [2.45, 2.75) is 39.3 Å². The van der Waals surface area contributed by atoms with Crippen LogP contribution in [0.3, 0.4) is 0 Å². The molecule has 0 aromatic heterocycles. The van der Waals surface area contributed by atoms with E-state index in [1.165, 1.54) is 6.92 Å². The zero-order chi connectivity index (χ0) is 12.8. The van der Waals surface area contributed by atoms with Crippen LogP contribution >= 0.6 is 0 Å². The van der Waals surface area contributed by atoms with Gasteiger partial charge in [-0.1, -0.05) is 6.92 Å².